The van der Waals surface area contributed by atoms with Gasteiger partial charge in [-0.3, -0.25) is 9.59 Å². The van der Waals surface area contributed by atoms with Gasteiger partial charge in [0.25, 0.3) is 0 Å². The number of rotatable bonds is 8. The van der Waals surface area contributed by atoms with E-state index in [9.17, 15) is 9.59 Å². The number of hydrogen-bond acceptors (Lipinski definition) is 4. The van der Waals surface area contributed by atoms with Gasteiger partial charge < -0.3 is 14.2 Å². The van der Waals surface area contributed by atoms with Crippen LogP contribution in [-0.2, 0) is 33.8 Å². The molecule has 0 aliphatic carbocycles. The number of hydrogen-bond donors (Lipinski definition) is 0. The van der Waals surface area contributed by atoms with Gasteiger partial charge in [0.1, 0.15) is 18.0 Å². The van der Waals surface area contributed by atoms with E-state index in [0.29, 0.717) is 6.54 Å². The topological polar surface area (TPSA) is 64.4 Å². The Morgan fingerprint density at radius 1 is 1.09 bits per heavy atom. The summed E-state index contributed by atoms with van der Waals surface area (Å²) in [7, 11) is 0. The minimum Gasteiger partial charge on any atom is -0.459 e. The highest BCUT2D eigenvalue weighted by Crippen LogP contribution is 2.27. The second-order valence-electron chi connectivity index (χ2n) is 9.69. The van der Waals surface area contributed by atoms with E-state index in [1.165, 1.54) is 0 Å². The quantitative estimate of drug-likeness (QED) is 0.425. The molecule has 2 aromatic carbocycles. The Bertz CT molecular complexity index is 1110. The lowest BCUT2D eigenvalue weighted by Gasteiger charge is -2.25. The van der Waals surface area contributed by atoms with Crippen LogP contribution in [0.4, 0.5) is 5.69 Å². The average molecular weight is 450 g/mol. The summed E-state index contributed by atoms with van der Waals surface area (Å²) in [5, 5.41) is 0. The molecule has 0 N–H and O–H groups in total. The first-order valence-electron chi connectivity index (χ1n) is 11.7. The van der Waals surface area contributed by atoms with Gasteiger partial charge >= 0.3 is 5.97 Å². The van der Waals surface area contributed by atoms with E-state index < -0.39 is 5.60 Å². The van der Waals surface area contributed by atoms with Crippen LogP contribution in [0.3, 0.4) is 0 Å². The second-order valence-corrected chi connectivity index (χ2v) is 9.69. The van der Waals surface area contributed by atoms with E-state index in [4.69, 9.17) is 9.72 Å². The monoisotopic (exact) mass is 449 g/mol. The number of anilines is 1. The van der Waals surface area contributed by atoms with Crippen molar-refractivity contribution in [1.82, 2.24) is 9.55 Å². The highest BCUT2D eigenvalue weighted by molar-refractivity contribution is 5.96. The molecular formula is C27H35N3O3. The Hall–Kier alpha value is -3.15. The summed E-state index contributed by atoms with van der Waals surface area (Å²) in [4.78, 5) is 32.3. The average Bonchev–Trinajstić information content (AvgIpc) is 3.07. The first kappa shape index (κ1) is 24.5. The molecule has 3 aromatic rings. The third-order valence-electron chi connectivity index (χ3n) is 5.25. The summed E-state index contributed by atoms with van der Waals surface area (Å²) in [6.45, 7) is 12.1. The third kappa shape index (κ3) is 6.21. The van der Waals surface area contributed by atoms with E-state index in [1.807, 2.05) is 92.6 Å². The maximum Gasteiger partial charge on any atom is 0.326 e. The van der Waals surface area contributed by atoms with Crippen LogP contribution in [0.1, 0.15) is 59.4 Å². The molecule has 176 valence electrons. The molecule has 0 radical (unpaired) electrons. The van der Waals surface area contributed by atoms with Crippen molar-refractivity contribution in [3.05, 3.63) is 59.9 Å². The zero-order valence-electron chi connectivity index (χ0n) is 20.6. The van der Waals surface area contributed by atoms with Gasteiger partial charge in [0.15, 0.2) is 0 Å². The van der Waals surface area contributed by atoms with E-state index in [2.05, 4.69) is 6.92 Å². The van der Waals surface area contributed by atoms with E-state index in [-0.39, 0.29) is 24.3 Å². The molecule has 0 fully saturated rings. The molecule has 6 nitrogen and oxygen atoms in total. The Morgan fingerprint density at radius 2 is 1.79 bits per heavy atom. The van der Waals surface area contributed by atoms with E-state index >= 15 is 0 Å². The maximum absolute atomic E-state index is 13.1. The predicted octanol–water partition coefficient (Wildman–Crippen LogP) is 5.52. The highest BCUT2D eigenvalue weighted by atomic mass is 16.6. The smallest absolute Gasteiger partial charge is 0.326 e. The van der Waals surface area contributed by atoms with Crippen molar-refractivity contribution in [2.24, 2.45) is 5.92 Å². The fourth-order valence-corrected chi connectivity index (χ4v) is 3.80. The van der Waals surface area contributed by atoms with Gasteiger partial charge in [0.05, 0.1) is 17.6 Å². The number of ether oxygens (including phenoxy) is 1. The lowest BCUT2D eigenvalue weighted by Crippen LogP contribution is -2.33. The number of aryl methyl sites for hydroxylation is 1. The van der Waals surface area contributed by atoms with Crippen molar-refractivity contribution in [2.75, 3.05) is 4.90 Å². The molecule has 33 heavy (non-hydrogen) atoms. The number of amides is 1. The third-order valence-corrected chi connectivity index (χ3v) is 5.25. The standard InChI is InChI=1S/C27H35N3O3/c1-7-11-24-28-22-16-21(14-15-23(22)30(24)18-25(31)33-27(4,5)6)29(26(32)19(2)3)17-20-12-9-8-10-13-20/h8-10,12-16,19H,7,11,17-18H2,1-6H3. The number of fused-ring (bicyclic) bond motifs is 1. The number of carbonyl (C=O) groups is 2. The Balaban J connectivity index is 2.00. The van der Waals surface area contributed by atoms with Crippen molar-refractivity contribution in [1.29, 1.82) is 0 Å². The van der Waals surface area contributed by atoms with Crippen LogP contribution >= 0.6 is 0 Å². The molecule has 6 heteroatoms. The summed E-state index contributed by atoms with van der Waals surface area (Å²) >= 11 is 0. The van der Waals surface area contributed by atoms with Gasteiger partial charge in [0, 0.05) is 18.0 Å². The van der Waals surface area contributed by atoms with Crippen LogP contribution in [0.2, 0.25) is 0 Å². The van der Waals surface area contributed by atoms with Crippen LogP contribution in [0.15, 0.2) is 48.5 Å². The van der Waals surface area contributed by atoms with Gasteiger partial charge in [-0.1, -0.05) is 51.1 Å². The Morgan fingerprint density at radius 3 is 2.39 bits per heavy atom. The zero-order valence-corrected chi connectivity index (χ0v) is 20.6. The number of benzene rings is 2. The van der Waals surface area contributed by atoms with E-state index in [1.54, 1.807) is 0 Å². The lowest BCUT2D eigenvalue weighted by atomic mass is 10.1. The number of esters is 1. The number of imidazole rings is 1. The predicted molar refractivity (Wildman–Crippen MR) is 132 cm³/mol. The molecule has 0 saturated heterocycles. The molecular weight excluding hydrogens is 414 g/mol. The molecule has 0 aliphatic rings. The number of aromatic nitrogens is 2. The summed E-state index contributed by atoms with van der Waals surface area (Å²) in [6.07, 6.45) is 1.67. The van der Waals surface area contributed by atoms with Crippen LogP contribution < -0.4 is 4.90 Å². The van der Waals surface area contributed by atoms with Crippen LogP contribution in [0.5, 0.6) is 0 Å². The van der Waals surface area contributed by atoms with Crippen molar-refractivity contribution in [3.63, 3.8) is 0 Å². The normalized spacial score (nSPS) is 11.7. The van der Waals surface area contributed by atoms with Gasteiger partial charge in [0.2, 0.25) is 5.91 Å². The molecule has 0 bridgehead atoms. The molecule has 0 unspecified atom stereocenters. The minimum absolute atomic E-state index is 0.0557. The Labute approximate surface area is 196 Å². The SMILES string of the molecule is CCCc1nc2cc(N(Cc3ccccc3)C(=O)C(C)C)ccc2n1CC(=O)OC(C)(C)C. The summed E-state index contributed by atoms with van der Waals surface area (Å²) in [6, 6.07) is 15.8. The van der Waals surface area contributed by atoms with Gasteiger partial charge in [-0.25, -0.2) is 4.98 Å². The fourth-order valence-electron chi connectivity index (χ4n) is 3.80. The molecule has 0 saturated carbocycles. The summed E-state index contributed by atoms with van der Waals surface area (Å²) in [5.74, 6) is 0.481. The molecule has 0 aliphatic heterocycles. The number of carbonyl (C=O) groups excluding carboxylic acids is 2. The first-order chi connectivity index (χ1) is 15.6. The van der Waals surface area contributed by atoms with Gasteiger partial charge in [-0.05, 0) is 51.0 Å². The Kier molecular flexibility index (Phi) is 7.57. The van der Waals surface area contributed by atoms with E-state index in [0.717, 1.165) is 41.0 Å². The van der Waals surface area contributed by atoms with Crippen molar-refractivity contribution >= 4 is 28.6 Å². The van der Waals surface area contributed by atoms with Crippen LogP contribution in [0.25, 0.3) is 11.0 Å². The molecule has 1 heterocycles. The second kappa shape index (κ2) is 10.2. The number of nitrogens with zero attached hydrogens (tertiary/aromatic N) is 3. The molecule has 0 spiro atoms. The van der Waals surface area contributed by atoms with Crippen LogP contribution in [-0.4, -0.2) is 27.0 Å². The van der Waals surface area contributed by atoms with Crippen molar-refractivity contribution in [2.45, 2.75) is 73.1 Å². The summed E-state index contributed by atoms with van der Waals surface area (Å²) < 4.78 is 7.47. The molecule has 1 aromatic heterocycles. The maximum atomic E-state index is 13.1. The zero-order chi connectivity index (χ0) is 24.2. The van der Waals surface area contributed by atoms with Gasteiger partial charge in [-0.2, -0.15) is 0 Å². The van der Waals surface area contributed by atoms with Crippen LogP contribution in [0, 0.1) is 5.92 Å². The minimum atomic E-state index is -0.541. The largest absolute Gasteiger partial charge is 0.459 e. The first-order valence-corrected chi connectivity index (χ1v) is 11.7. The van der Waals surface area contributed by atoms with Crippen molar-refractivity contribution in [3.8, 4) is 0 Å². The fraction of sp³-hybridized carbons (Fsp3) is 0.444. The molecule has 1 amide bonds. The molecule has 0 atom stereocenters. The highest BCUT2D eigenvalue weighted by Gasteiger charge is 2.22. The summed E-state index contributed by atoms with van der Waals surface area (Å²) in [5.41, 5.74) is 2.96. The molecule has 3 rings (SSSR count). The lowest BCUT2D eigenvalue weighted by molar-refractivity contribution is -0.155. The van der Waals surface area contributed by atoms with Gasteiger partial charge in [-0.15, -0.1) is 0 Å². The van der Waals surface area contributed by atoms with Crippen molar-refractivity contribution < 1.29 is 14.3 Å².